The Morgan fingerprint density at radius 3 is 2.50 bits per heavy atom. The summed E-state index contributed by atoms with van der Waals surface area (Å²) in [6, 6.07) is 12.9. The molecule has 3 heteroatoms. The largest absolute Gasteiger partial charge is 0.299 e. The number of Topliss-reactive ketones (excluding diaryl/α,β-unsaturated/α-hetero) is 1. The van der Waals surface area contributed by atoms with Gasteiger partial charge in [0.2, 0.25) is 0 Å². The molecule has 2 aromatic carbocycles. The van der Waals surface area contributed by atoms with Crippen molar-refractivity contribution in [3.63, 3.8) is 0 Å². The van der Waals surface area contributed by atoms with Gasteiger partial charge in [0.1, 0.15) is 11.6 Å². The third-order valence-corrected chi connectivity index (χ3v) is 3.71. The number of ketones is 1. The van der Waals surface area contributed by atoms with Gasteiger partial charge in [-0.15, -0.1) is 0 Å². The smallest absolute Gasteiger partial charge is 0.137 e. The Bertz CT molecular complexity index is 605. The quantitative estimate of drug-likeness (QED) is 0.778. The van der Waals surface area contributed by atoms with Gasteiger partial charge in [0.15, 0.2) is 0 Å². The zero-order valence-corrected chi connectivity index (χ0v) is 12.9. The first-order chi connectivity index (χ1) is 9.54. The van der Waals surface area contributed by atoms with E-state index in [2.05, 4.69) is 15.9 Å². The summed E-state index contributed by atoms with van der Waals surface area (Å²) in [6.45, 7) is 2.03. The molecular formula is C17H16BrFO. The molecule has 104 valence electrons. The molecule has 2 aromatic rings. The molecule has 0 unspecified atom stereocenters. The van der Waals surface area contributed by atoms with Crippen LogP contribution in [0.15, 0.2) is 46.9 Å². The molecule has 0 aromatic heterocycles. The van der Waals surface area contributed by atoms with Crippen LogP contribution < -0.4 is 0 Å². The van der Waals surface area contributed by atoms with Crippen molar-refractivity contribution in [1.82, 2.24) is 0 Å². The number of aryl methyl sites for hydroxylation is 2. The van der Waals surface area contributed by atoms with Crippen LogP contribution in [-0.4, -0.2) is 5.78 Å². The molecule has 0 atom stereocenters. The lowest BCUT2D eigenvalue weighted by Crippen LogP contribution is -2.06. The molecule has 0 N–H and O–H groups in total. The van der Waals surface area contributed by atoms with Crippen molar-refractivity contribution < 1.29 is 9.18 Å². The van der Waals surface area contributed by atoms with E-state index in [4.69, 9.17) is 0 Å². The number of halogens is 2. The van der Waals surface area contributed by atoms with Gasteiger partial charge in [0.25, 0.3) is 0 Å². The van der Waals surface area contributed by atoms with E-state index < -0.39 is 0 Å². The second-order valence-corrected chi connectivity index (χ2v) is 5.85. The van der Waals surface area contributed by atoms with E-state index in [0.29, 0.717) is 22.9 Å². The molecule has 0 aliphatic carbocycles. The number of benzene rings is 2. The molecule has 0 spiro atoms. The lowest BCUT2D eigenvalue weighted by molar-refractivity contribution is -0.118. The highest BCUT2D eigenvalue weighted by molar-refractivity contribution is 9.10. The summed E-state index contributed by atoms with van der Waals surface area (Å²) in [7, 11) is 0. The summed E-state index contributed by atoms with van der Waals surface area (Å²) in [6.07, 6.45) is 1.31. The first kappa shape index (κ1) is 14.9. The first-order valence-electron chi connectivity index (χ1n) is 6.56. The van der Waals surface area contributed by atoms with Crippen molar-refractivity contribution in [3.8, 4) is 0 Å². The zero-order chi connectivity index (χ0) is 14.5. The highest BCUT2D eigenvalue weighted by Crippen LogP contribution is 2.16. The van der Waals surface area contributed by atoms with Crippen molar-refractivity contribution in [3.05, 3.63) is 69.4 Å². The molecule has 0 saturated carbocycles. The van der Waals surface area contributed by atoms with Crippen LogP contribution in [0.4, 0.5) is 4.39 Å². The molecule has 20 heavy (non-hydrogen) atoms. The molecule has 0 amide bonds. The van der Waals surface area contributed by atoms with Gasteiger partial charge in [-0.25, -0.2) is 4.39 Å². The average Bonchev–Trinajstić information content (AvgIpc) is 2.41. The topological polar surface area (TPSA) is 17.1 Å². The summed E-state index contributed by atoms with van der Waals surface area (Å²) in [4.78, 5) is 11.9. The van der Waals surface area contributed by atoms with Crippen LogP contribution in [0.25, 0.3) is 0 Å². The van der Waals surface area contributed by atoms with E-state index in [9.17, 15) is 9.18 Å². The normalized spacial score (nSPS) is 10.6. The van der Waals surface area contributed by atoms with Crippen molar-refractivity contribution in [2.24, 2.45) is 0 Å². The first-order valence-corrected chi connectivity index (χ1v) is 7.35. The van der Waals surface area contributed by atoms with E-state index >= 15 is 0 Å². The minimum atomic E-state index is -0.330. The second kappa shape index (κ2) is 6.80. The van der Waals surface area contributed by atoms with Gasteiger partial charge >= 0.3 is 0 Å². The van der Waals surface area contributed by atoms with Gasteiger partial charge in [0, 0.05) is 17.3 Å². The number of hydrogen-bond acceptors (Lipinski definition) is 1. The Hall–Kier alpha value is -1.48. The van der Waals surface area contributed by atoms with E-state index in [1.54, 1.807) is 12.1 Å². The fourth-order valence-corrected chi connectivity index (χ4v) is 2.34. The fraction of sp³-hybridized carbons (Fsp3) is 0.235. The highest BCUT2D eigenvalue weighted by atomic mass is 79.9. The molecule has 0 radical (unpaired) electrons. The molecule has 0 fully saturated rings. The Kier molecular flexibility index (Phi) is 5.07. The Morgan fingerprint density at radius 1 is 1.15 bits per heavy atom. The number of rotatable bonds is 5. The van der Waals surface area contributed by atoms with E-state index in [1.807, 2.05) is 31.2 Å². The summed E-state index contributed by atoms with van der Waals surface area (Å²) < 4.78 is 14.3. The molecule has 0 aliphatic heterocycles. The maximum absolute atomic E-state index is 13.6. The SMILES string of the molecule is Cc1ccc(CCC(=O)Cc2ccc(Br)cc2F)cc1. The van der Waals surface area contributed by atoms with E-state index in [1.165, 1.54) is 11.6 Å². The molecule has 2 rings (SSSR count). The Balaban J connectivity index is 1.90. The standard InChI is InChI=1S/C17H16BrFO/c1-12-2-4-13(5-3-12)6-9-16(20)10-14-7-8-15(18)11-17(14)19/h2-5,7-8,11H,6,9-10H2,1H3. The third-order valence-electron chi connectivity index (χ3n) is 3.22. The van der Waals surface area contributed by atoms with Crippen LogP contribution >= 0.6 is 15.9 Å². The Labute approximate surface area is 127 Å². The number of hydrogen-bond donors (Lipinski definition) is 0. The van der Waals surface area contributed by atoms with Gasteiger partial charge in [-0.3, -0.25) is 4.79 Å². The zero-order valence-electron chi connectivity index (χ0n) is 11.3. The van der Waals surface area contributed by atoms with Crippen LogP contribution in [0.2, 0.25) is 0 Å². The fourth-order valence-electron chi connectivity index (χ4n) is 2.00. The number of carbonyl (C=O) groups is 1. The van der Waals surface area contributed by atoms with Crippen molar-refractivity contribution in [1.29, 1.82) is 0 Å². The summed E-state index contributed by atoms with van der Waals surface area (Å²) >= 11 is 3.20. The van der Waals surface area contributed by atoms with Crippen LogP contribution in [0, 0.1) is 12.7 Å². The third kappa shape index (κ3) is 4.27. The monoisotopic (exact) mass is 334 g/mol. The lowest BCUT2D eigenvalue weighted by Gasteiger charge is -2.04. The van der Waals surface area contributed by atoms with Gasteiger partial charge in [-0.1, -0.05) is 51.8 Å². The van der Waals surface area contributed by atoms with Crippen LogP contribution in [0.3, 0.4) is 0 Å². The predicted octanol–water partition coefficient (Wildman–Crippen LogP) is 4.64. The second-order valence-electron chi connectivity index (χ2n) is 4.94. The van der Waals surface area contributed by atoms with Gasteiger partial charge < -0.3 is 0 Å². The maximum Gasteiger partial charge on any atom is 0.137 e. The van der Waals surface area contributed by atoms with Crippen molar-refractivity contribution in [2.45, 2.75) is 26.2 Å². The van der Waals surface area contributed by atoms with Gasteiger partial charge in [-0.05, 0) is 36.6 Å². The van der Waals surface area contributed by atoms with Gasteiger partial charge in [0.05, 0.1) is 0 Å². The van der Waals surface area contributed by atoms with Crippen LogP contribution in [0.5, 0.6) is 0 Å². The molecule has 1 nitrogen and oxygen atoms in total. The van der Waals surface area contributed by atoms with Crippen molar-refractivity contribution in [2.75, 3.05) is 0 Å². The van der Waals surface area contributed by atoms with Crippen molar-refractivity contribution >= 4 is 21.7 Å². The lowest BCUT2D eigenvalue weighted by atomic mass is 10.0. The number of carbonyl (C=O) groups excluding carboxylic acids is 1. The minimum Gasteiger partial charge on any atom is -0.299 e. The van der Waals surface area contributed by atoms with E-state index in [-0.39, 0.29) is 18.0 Å². The van der Waals surface area contributed by atoms with Crippen LogP contribution in [0.1, 0.15) is 23.1 Å². The average molecular weight is 335 g/mol. The van der Waals surface area contributed by atoms with E-state index in [0.717, 1.165) is 5.56 Å². The summed E-state index contributed by atoms with van der Waals surface area (Å²) in [5.41, 5.74) is 2.80. The molecule has 0 bridgehead atoms. The predicted molar refractivity (Wildman–Crippen MR) is 82.3 cm³/mol. The molecule has 0 heterocycles. The molecule has 0 aliphatic rings. The highest BCUT2D eigenvalue weighted by Gasteiger charge is 2.09. The summed E-state index contributed by atoms with van der Waals surface area (Å²) in [5.74, 6) is -0.269. The van der Waals surface area contributed by atoms with Crippen LogP contribution in [-0.2, 0) is 17.6 Å². The molecule has 0 saturated heterocycles. The minimum absolute atomic E-state index is 0.0618. The molecular weight excluding hydrogens is 319 g/mol. The van der Waals surface area contributed by atoms with Gasteiger partial charge in [-0.2, -0.15) is 0 Å². The Morgan fingerprint density at radius 2 is 1.85 bits per heavy atom. The summed E-state index contributed by atoms with van der Waals surface area (Å²) in [5, 5.41) is 0. The maximum atomic E-state index is 13.6.